The van der Waals surface area contributed by atoms with E-state index in [2.05, 4.69) is 11.9 Å². The lowest BCUT2D eigenvalue weighted by atomic mass is 10.1. The van der Waals surface area contributed by atoms with Crippen LogP contribution >= 0.6 is 11.3 Å². The van der Waals surface area contributed by atoms with E-state index in [0.29, 0.717) is 12.4 Å². The van der Waals surface area contributed by atoms with Gasteiger partial charge in [0.15, 0.2) is 0 Å². The van der Waals surface area contributed by atoms with E-state index in [4.69, 9.17) is 4.74 Å². The van der Waals surface area contributed by atoms with Crippen molar-refractivity contribution in [2.45, 2.75) is 26.4 Å². The van der Waals surface area contributed by atoms with Crippen molar-refractivity contribution in [1.82, 2.24) is 4.98 Å². The highest BCUT2D eigenvalue weighted by Gasteiger charge is 2.13. The van der Waals surface area contributed by atoms with Crippen molar-refractivity contribution in [2.75, 3.05) is 6.61 Å². The van der Waals surface area contributed by atoms with Gasteiger partial charge in [0.2, 0.25) is 0 Å². The molecule has 2 rings (SSSR count). The second-order valence-electron chi connectivity index (χ2n) is 4.15. The minimum Gasteiger partial charge on any atom is -0.492 e. The van der Waals surface area contributed by atoms with Crippen LogP contribution in [-0.4, -0.2) is 16.7 Å². The van der Waals surface area contributed by atoms with Crippen LogP contribution in [0.1, 0.15) is 34.8 Å². The van der Waals surface area contributed by atoms with Gasteiger partial charge in [-0.05, 0) is 31.5 Å². The van der Waals surface area contributed by atoms with Crippen molar-refractivity contribution in [3.05, 3.63) is 45.9 Å². The molecule has 2 heterocycles. The molecule has 18 heavy (non-hydrogen) atoms. The maximum Gasteiger partial charge on any atom is 0.137 e. The van der Waals surface area contributed by atoms with Gasteiger partial charge in [0.25, 0.3) is 0 Å². The maximum absolute atomic E-state index is 10.3. The maximum atomic E-state index is 10.3. The first-order chi connectivity index (χ1) is 8.70. The Morgan fingerprint density at radius 1 is 1.39 bits per heavy atom. The number of aryl methyl sites for hydroxylation is 1. The molecule has 0 saturated heterocycles. The first-order valence-corrected chi connectivity index (χ1v) is 6.84. The lowest BCUT2D eigenvalue weighted by molar-refractivity contribution is 0.222. The summed E-state index contributed by atoms with van der Waals surface area (Å²) >= 11 is 1.60. The lowest BCUT2D eigenvalue weighted by Crippen LogP contribution is -2.00. The molecule has 1 unspecified atom stereocenters. The molecule has 0 aromatic carbocycles. The van der Waals surface area contributed by atoms with Gasteiger partial charge in [0.05, 0.1) is 12.8 Å². The summed E-state index contributed by atoms with van der Waals surface area (Å²) < 4.78 is 5.52. The molecule has 0 bridgehead atoms. The van der Waals surface area contributed by atoms with Crippen LogP contribution in [0, 0.1) is 6.92 Å². The number of thiophene rings is 1. The van der Waals surface area contributed by atoms with E-state index in [0.717, 1.165) is 16.9 Å². The number of nitrogens with zero attached hydrogens (tertiary/aromatic N) is 1. The van der Waals surface area contributed by atoms with Crippen LogP contribution in [0.25, 0.3) is 0 Å². The van der Waals surface area contributed by atoms with E-state index in [9.17, 15) is 5.11 Å². The number of aliphatic hydroxyl groups excluding tert-OH is 1. The normalized spacial score (nSPS) is 12.4. The molecule has 4 heteroatoms. The number of aromatic nitrogens is 1. The van der Waals surface area contributed by atoms with Crippen molar-refractivity contribution >= 4 is 11.3 Å². The highest BCUT2D eigenvalue weighted by molar-refractivity contribution is 7.12. The Kier molecular flexibility index (Phi) is 4.33. The van der Waals surface area contributed by atoms with Gasteiger partial charge in [-0.15, -0.1) is 11.3 Å². The number of hydrogen-bond donors (Lipinski definition) is 1. The van der Waals surface area contributed by atoms with E-state index in [1.54, 1.807) is 23.7 Å². The number of aliphatic hydroxyl groups is 1. The topological polar surface area (TPSA) is 42.4 Å². The van der Waals surface area contributed by atoms with Crippen LogP contribution in [0.2, 0.25) is 0 Å². The summed E-state index contributed by atoms with van der Waals surface area (Å²) in [5.74, 6) is 0.710. The van der Waals surface area contributed by atoms with Gasteiger partial charge in [-0.25, -0.2) is 0 Å². The van der Waals surface area contributed by atoms with Gasteiger partial charge in [0.1, 0.15) is 11.9 Å². The van der Waals surface area contributed by atoms with Gasteiger partial charge in [0, 0.05) is 21.5 Å². The second kappa shape index (κ2) is 5.98. The monoisotopic (exact) mass is 263 g/mol. The van der Waals surface area contributed by atoms with Crippen molar-refractivity contribution in [2.24, 2.45) is 0 Å². The molecular formula is C14H17NO2S. The molecule has 2 aromatic heterocycles. The molecule has 0 spiro atoms. The standard InChI is InChI=1S/C14H17NO2S/c1-3-6-17-12-7-11(8-15-9-12)14(16)13-5-4-10(2)18-13/h4-5,7-9,14,16H,3,6H2,1-2H3. The Labute approximate surface area is 111 Å². The summed E-state index contributed by atoms with van der Waals surface area (Å²) in [5, 5.41) is 10.3. The minimum absolute atomic E-state index is 0.624. The fraction of sp³-hybridized carbons (Fsp3) is 0.357. The van der Waals surface area contributed by atoms with Gasteiger partial charge in [-0.3, -0.25) is 4.98 Å². The lowest BCUT2D eigenvalue weighted by Gasteiger charge is -2.10. The van der Waals surface area contributed by atoms with Crippen molar-refractivity contribution in [3.8, 4) is 5.75 Å². The average molecular weight is 263 g/mol. The van der Waals surface area contributed by atoms with Gasteiger partial charge in [-0.1, -0.05) is 6.92 Å². The molecule has 2 aromatic rings. The molecule has 0 aliphatic carbocycles. The Morgan fingerprint density at radius 2 is 2.22 bits per heavy atom. The third kappa shape index (κ3) is 3.09. The fourth-order valence-corrected chi connectivity index (χ4v) is 2.54. The molecule has 0 saturated carbocycles. The zero-order chi connectivity index (χ0) is 13.0. The number of pyridine rings is 1. The summed E-state index contributed by atoms with van der Waals surface area (Å²) in [6, 6.07) is 5.81. The number of hydrogen-bond acceptors (Lipinski definition) is 4. The molecule has 0 radical (unpaired) electrons. The van der Waals surface area contributed by atoms with Crippen LogP contribution in [0.5, 0.6) is 5.75 Å². The molecule has 0 aliphatic heterocycles. The largest absolute Gasteiger partial charge is 0.492 e. The van der Waals surface area contributed by atoms with Crippen LogP contribution in [0.3, 0.4) is 0 Å². The molecule has 1 N–H and O–H groups in total. The van der Waals surface area contributed by atoms with Crippen molar-refractivity contribution in [1.29, 1.82) is 0 Å². The molecule has 96 valence electrons. The van der Waals surface area contributed by atoms with E-state index in [1.165, 1.54) is 4.88 Å². The zero-order valence-electron chi connectivity index (χ0n) is 10.6. The summed E-state index contributed by atoms with van der Waals surface area (Å²) in [5.41, 5.74) is 0.769. The minimum atomic E-state index is -0.624. The van der Waals surface area contributed by atoms with E-state index >= 15 is 0 Å². The third-order valence-electron chi connectivity index (χ3n) is 2.55. The van der Waals surface area contributed by atoms with Gasteiger partial charge < -0.3 is 9.84 Å². The third-order valence-corrected chi connectivity index (χ3v) is 3.61. The summed E-state index contributed by atoms with van der Waals surface area (Å²) in [7, 11) is 0. The Morgan fingerprint density at radius 3 is 2.89 bits per heavy atom. The van der Waals surface area contributed by atoms with Crippen LogP contribution in [0.4, 0.5) is 0 Å². The molecule has 1 atom stereocenters. The van der Waals surface area contributed by atoms with Crippen molar-refractivity contribution in [3.63, 3.8) is 0 Å². The molecule has 0 fully saturated rings. The predicted octanol–water partition coefficient (Wildman–Crippen LogP) is 3.32. The Bertz CT molecular complexity index is 510. The molecule has 3 nitrogen and oxygen atoms in total. The summed E-state index contributed by atoms with van der Waals surface area (Å²) in [6.07, 6.45) is 3.68. The van der Waals surface area contributed by atoms with E-state index < -0.39 is 6.10 Å². The molecule has 0 amide bonds. The number of rotatable bonds is 5. The predicted molar refractivity (Wildman–Crippen MR) is 73.1 cm³/mol. The zero-order valence-corrected chi connectivity index (χ0v) is 11.4. The van der Waals surface area contributed by atoms with Gasteiger partial charge in [-0.2, -0.15) is 0 Å². The Hall–Kier alpha value is -1.39. The summed E-state index contributed by atoms with van der Waals surface area (Å²) in [6.45, 7) is 4.75. The first-order valence-electron chi connectivity index (χ1n) is 6.03. The van der Waals surface area contributed by atoms with E-state index in [1.807, 2.05) is 25.1 Å². The quantitative estimate of drug-likeness (QED) is 0.899. The SMILES string of the molecule is CCCOc1cncc(C(O)c2ccc(C)s2)c1. The van der Waals surface area contributed by atoms with Crippen LogP contribution < -0.4 is 4.74 Å². The van der Waals surface area contributed by atoms with Crippen molar-refractivity contribution < 1.29 is 9.84 Å². The number of ether oxygens (including phenoxy) is 1. The average Bonchev–Trinajstić information content (AvgIpc) is 2.82. The van der Waals surface area contributed by atoms with Crippen LogP contribution in [-0.2, 0) is 0 Å². The molecule has 0 aliphatic rings. The summed E-state index contributed by atoms with van der Waals surface area (Å²) in [4.78, 5) is 6.23. The van der Waals surface area contributed by atoms with E-state index in [-0.39, 0.29) is 0 Å². The highest BCUT2D eigenvalue weighted by atomic mass is 32.1. The van der Waals surface area contributed by atoms with Gasteiger partial charge >= 0.3 is 0 Å². The highest BCUT2D eigenvalue weighted by Crippen LogP contribution is 2.29. The first kappa shape index (κ1) is 13.1. The fourth-order valence-electron chi connectivity index (χ4n) is 1.65. The second-order valence-corrected chi connectivity index (χ2v) is 5.47. The smallest absolute Gasteiger partial charge is 0.137 e. The van der Waals surface area contributed by atoms with Crippen LogP contribution in [0.15, 0.2) is 30.6 Å². The Balaban J connectivity index is 2.17. The molecular weight excluding hydrogens is 246 g/mol.